The summed E-state index contributed by atoms with van der Waals surface area (Å²) in [5.74, 6) is -1.31. The van der Waals surface area contributed by atoms with Gasteiger partial charge in [0.2, 0.25) is 0 Å². The molecule has 1 aromatic heterocycles. The quantitative estimate of drug-likeness (QED) is 0.595. The van der Waals surface area contributed by atoms with Gasteiger partial charge in [0.1, 0.15) is 5.56 Å². The minimum Gasteiger partial charge on any atom is -0.452 e. The summed E-state index contributed by atoms with van der Waals surface area (Å²) in [5, 5.41) is 2.61. The predicted molar refractivity (Wildman–Crippen MR) is 89.9 cm³/mol. The first kappa shape index (κ1) is 16.2. The van der Waals surface area contributed by atoms with Crippen molar-refractivity contribution in [1.29, 1.82) is 0 Å². The first-order valence-corrected chi connectivity index (χ1v) is 7.45. The number of hydrogen-bond donors (Lipinski definition) is 2. The number of aromatic amines is 1. The highest BCUT2D eigenvalue weighted by Gasteiger charge is 2.14. The van der Waals surface area contributed by atoms with Crippen LogP contribution in [0.3, 0.4) is 0 Å². The number of halogens is 1. The molecule has 7 heteroatoms. The van der Waals surface area contributed by atoms with Crippen molar-refractivity contribution < 1.29 is 14.3 Å². The Morgan fingerprint density at radius 2 is 2.09 bits per heavy atom. The van der Waals surface area contributed by atoms with Crippen LogP contribution < -0.4 is 10.7 Å². The fraction of sp³-hybridized carbons (Fsp3) is 0.133. The Labute approximate surface area is 140 Å². The molecule has 22 heavy (non-hydrogen) atoms. The molecule has 1 heterocycles. The van der Waals surface area contributed by atoms with Crippen LogP contribution in [-0.4, -0.2) is 23.5 Å². The second-order valence-electron chi connectivity index (χ2n) is 4.53. The van der Waals surface area contributed by atoms with E-state index in [2.05, 4.69) is 32.9 Å². The number of aryl methyl sites for hydroxylation is 1. The third kappa shape index (κ3) is 4.42. The summed E-state index contributed by atoms with van der Waals surface area (Å²) in [6.45, 7) is 1.24. The van der Waals surface area contributed by atoms with Gasteiger partial charge in [-0.1, -0.05) is 6.07 Å². The number of aromatic nitrogens is 1. The van der Waals surface area contributed by atoms with Gasteiger partial charge >= 0.3 is 5.97 Å². The van der Waals surface area contributed by atoms with Crippen LogP contribution in [0.2, 0.25) is 0 Å². The topological polar surface area (TPSA) is 88.3 Å². The number of carbonyl (C=O) groups excluding carboxylic acids is 2. The van der Waals surface area contributed by atoms with Gasteiger partial charge in [-0.25, -0.2) is 4.79 Å². The summed E-state index contributed by atoms with van der Waals surface area (Å²) < 4.78 is 5.81. The number of anilines is 1. The third-order valence-electron chi connectivity index (χ3n) is 2.72. The fourth-order valence-electron chi connectivity index (χ4n) is 1.70. The summed E-state index contributed by atoms with van der Waals surface area (Å²) in [5.41, 5.74) is 0.672. The first-order chi connectivity index (χ1) is 10.5. The number of amides is 1. The molecule has 6 nitrogen and oxygen atoms in total. The van der Waals surface area contributed by atoms with Gasteiger partial charge in [0.05, 0.1) is 0 Å². The Hall–Kier alpha value is -2.16. The second kappa shape index (κ2) is 7.21. The Balaban J connectivity index is 1.93. The van der Waals surface area contributed by atoms with E-state index >= 15 is 0 Å². The van der Waals surface area contributed by atoms with Gasteiger partial charge < -0.3 is 15.0 Å². The number of nitrogens with one attached hydrogen (secondary N) is 2. The van der Waals surface area contributed by atoms with E-state index in [4.69, 9.17) is 4.74 Å². The average molecular weight is 412 g/mol. The van der Waals surface area contributed by atoms with Crippen molar-refractivity contribution >= 4 is 40.2 Å². The molecule has 0 unspecified atom stereocenters. The van der Waals surface area contributed by atoms with Gasteiger partial charge in [0.15, 0.2) is 12.0 Å². The van der Waals surface area contributed by atoms with Crippen LogP contribution in [-0.2, 0) is 9.53 Å². The Morgan fingerprint density at radius 1 is 1.32 bits per heavy atom. The highest BCUT2D eigenvalue weighted by molar-refractivity contribution is 14.1. The van der Waals surface area contributed by atoms with E-state index in [1.807, 2.05) is 6.07 Å². The molecule has 1 aromatic carbocycles. The van der Waals surface area contributed by atoms with Gasteiger partial charge in [0, 0.05) is 27.2 Å². The molecule has 0 spiro atoms. The van der Waals surface area contributed by atoms with Gasteiger partial charge in [-0.2, -0.15) is 0 Å². The molecule has 0 aliphatic heterocycles. The van der Waals surface area contributed by atoms with E-state index < -0.39 is 23.9 Å². The number of rotatable bonds is 4. The van der Waals surface area contributed by atoms with E-state index in [-0.39, 0.29) is 5.56 Å². The van der Waals surface area contributed by atoms with Gasteiger partial charge in [-0.3, -0.25) is 9.59 Å². The molecule has 0 radical (unpaired) electrons. The van der Waals surface area contributed by atoms with Crippen molar-refractivity contribution in [3.05, 3.63) is 61.6 Å². The van der Waals surface area contributed by atoms with Crippen molar-refractivity contribution in [2.75, 3.05) is 11.9 Å². The van der Waals surface area contributed by atoms with Crippen LogP contribution in [0.4, 0.5) is 5.69 Å². The molecule has 2 N–H and O–H groups in total. The molecule has 0 bridgehead atoms. The number of carbonyl (C=O) groups is 2. The molecule has 0 atom stereocenters. The Kier molecular flexibility index (Phi) is 5.31. The average Bonchev–Trinajstić information content (AvgIpc) is 2.45. The Bertz CT molecular complexity index is 770. The maximum absolute atomic E-state index is 11.8. The summed E-state index contributed by atoms with van der Waals surface area (Å²) >= 11 is 2.12. The molecule has 0 aliphatic carbocycles. The van der Waals surface area contributed by atoms with Crippen LogP contribution in [0.15, 0.2) is 41.3 Å². The number of pyridine rings is 1. The molecule has 0 saturated heterocycles. The maximum atomic E-state index is 11.8. The van der Waals surface area contributed by atoms with Gasteiger partial charge in [-0.05, 0) is 47.7 Å². The standard InChI is InChI=1S/C15H13IN2O4/c1-9-5-13(19)12(7-17-9)15(21)22-8-14(20)18-11-4-2-3-10(16)6-11/h2-7H,8H2,1H3,(H,17,19)(H,18,20). The summed E-state index contributed by atoms with van der Waals surface area (Å²) in [6, 6.07) is 8.50. The summed E-state index contributed by atoms with van der Waals surface area (Å²) in [7, 11) is 0. The minimum absolute atomic E-state index is 0.132. The Morgan fingerprint density at radius 3 is 2.77 bits per heavy atom. The van der Waals surface area contributed by atoms with Crippen molar-refractivity contribution in [3.63, 3.8) is 0 Å². The predicted octanol–water partition coefficient (Wildman–Crippen LogP) is 2.08. The molecular weight excluding hydrogens is 399 g/mol. The van der Waals surface area contributed by atoms with E-state index in [9.17, 15) is 14.4 Å². The lowest BCUT2D eigenvalue weighted by Gasteiger charge is -2.07. The number of ether oxygens (including phenoxy) is 1. The van der Waals surface area contributed by atoms with E-state index in [0.29, 0.717) is 11.4 Å². The third-order valence-corrected chi connectivity index (χ3v) is 3.39. The number of benzene rings is 1. The smallest absolute Gasteiger partial charge is 0.344 e. The molecule has 2 aromatic rings. The molecule has 114 valence electrons. The SMILES string of the molecule is Cc1cc(=O)c(C(=O)OCC(=O)Nc2cccc(I)c2)c[nH]1. The summed E-state index contributed by atoms with van der Waals surface area (Å²) in [6.07, 6.45) is 1.28. The number of esters is 1. The van der Waals surface area contributed by atoms with Crippen LogP contribution in [0.25, 0.3) is 0 Å². The highest BCUT2D eigenvalue weighted by Crippen LogP contribution is 2.12. The van der Waals surface area contributed by atoms with Crippen molar-refractivity contribution in [2.45, 2.75) is 6.92 Å². The normalized spacial score (nSPS) is 10.1. The van der Waals surface area contributed by atoms with Crippen LogP contribution in [0.5, 0.6) is 0 Å². The second-order valence-corrected chi connectivity index (χ2v) is 5.77. The fourth-order valence-corrected chi connectivity index (χ4v) is 2.25. The van der Waals surface area contributed by atoms with Crippen molar-refractivity contribution in [2.24, 2.45) is 0 Å². The first-order valence-electron chi connectivity index (χ1n) is 6.37. The minimum atomic E-state index is -0.834. The van der Waals surface area contributed by atoms with Crippen molar-refractivity contribution in [1.82, 2.24) is 4.98 Å². The van der Waals surface area contributed by atoms with Gasteiger partial charge in [-0.15, -0.1) is 0 Å². The zero-order valence-corrected chi connectivity index (χ0v) is 13.8. The number of H-pyrrole nitrogens is 1. The largest absolute Gasteiger partial charge is 0.452 e. The van der Waals surface area contributed by atoms with E-state index in [1.165, 1.54) is 12.3 Å². The van der Waals surface area contributed by atoms with Crippen LogP contribution in [0, 0.1) is 10.5 Å². The lowest BCUT2D eigenvalue weighted by Crippen LogP contribution is -2.24. The summed E-state index contributed by atoms with van der Waals surface area (Å²) in [4.78, 5) is 37.9. The molecule has 0 saturated carbocycles. The number of hydrogen-bond acceptors (Lipinski definition) is 4. The lowest BCUT2D eigenvalue weighted by atomic mass is 10.2. The highest BCUT2D eigenvalue weighted by atomic mass is 127. The van der Waals surface area contributed by atoms with E-state index in [1.54, 1.807) is 25.1 Å². The maximum Gasteiger partial charge on any atom is 0.344 e. The van der Waals surface area contributed by atoms with E-state index in [0.717, 1.165) is 3.57 Å². The zero-order valence-electron chi connectivity index (χ0n) is 11.7. The molecular formula is C15H13IN2O4. The monoisotopic (exact) mass is 412 g/mol. The lowest BCUT2D eigenvalue weighted by molar-refractivity contribution is -0.119. The molecule has 0 fully saturated rings. The molecule has 0 aliphatic rings. The molecule has 1 amide bonds. The van der Waals surface area contributed by atoms with Gasteiger partial charge in [0.25, 0.3) is 5.91 Å². The van der Waals surface area contributed by atoms with Crippen LogP contribution in [0.1, 0.15) is 16.1 Å². The molecule has 2 rings (SSSR count). The zero-order chi connectivity index (χ0) is 16.1. The van der Waals surface area contributed by atoms with Crippen LogP contribution >= 0.6 is 22.6 Å². The van der Waals surface area contributed by atoms with Crippen molar-refractivity contribution in [3.8, 4) is 0 Å².